The fourth-order valence-electron chi connectivity index (χ4n) is 6.36. The maximum Gasteiger partial charge on any atom is 0.253 e. The number of ether oxygens (including phenoxy) is 2. The van der Waals surface area contributed by atoms with Gasteiger partial charge in [-0.3, -0.25) is 9.59 Å². The summed E-state index contributed by atoms with van der Waals surface area (Å²) < 4.78 is 70.2. The van der Waals surface area contributed by atoms with Crippen LogP contribution in [0.25, 0.3) is 0 Å². The Morgan fingerprint density at radius 1 is 0.545 bits per heavy atom. The molecule has 5 rings (SSSR count). The van der Waals surface area contributed by atoms with Crippen molar-refractivity contribution in [3.8, 4) is 23.0 Å². The van der Waals surface area contributed by atoms with Gasteiger partial charge in [-0.25, -0.2) is 0 Å². The molecule has 2 heterocycles. The number of piperidine rings is 2. The molecule has 2 saturated heterocycles. The molecule has 0 bridgehead atoms. The van der Waals surface area contributed by atoms with E-state index in [0.717, 1.165) is 12.8 Å². The van der Waals surface area contributed by atoms with Crippen molar-refractivity contribution in [1.82, 2.24) is 9.80 Å². The molecule has 3 aromatic rings. The maximum atomic E-state index is 15.0. The first-order valence-electron chi connectivity index (χ1n) is 14.9. The summed E-state index contributed by atoms with van der Waals surface area (Å²) in [6.45, 7) is 10.9. The molecule has 3 aromatic carbocycles. The van der Waals surface area contributed by atoms with E-state index in [0.29, 0.717) is 61.0 Å². The van der Waals surface area contributed by atoms with Gasteiger partial charge in [0.1, 0.15) is 11.5 Å². The smallest absolute Gasteiger partial charge is 0.253 e. The molecule has 10 heteroatoms. The van der Waals surface area contributed by atoms with E-state index in [2.05, 4.69) is 27.7 Å². The molecule has 234 valence electrons. The highest BCUT2D eigenvalue weighted by atomic mass is 19.2. The lowest BCUT2D eigenvalue weighted by molar-refractivity contribution is 0.0617. The molecule has 2 amide bonds. The van der Waals surface area contributed by atoms with Gasteiger partial charge in [0.05, 0.1) is 0 Å². The second-order valence-electron chi connectivity index (χ2n) is 12.5. The third-order valence-electron chi connectivity index (χ3n) is 8.14. The van der Waals surface area contributed by atoms with Crippen molar-refractivity contribution in [3.63, 3.8) is 0 Å². The standard InChI is InChI=1S/C34H36F4N2O4/c1-19-13-20(2)16-39(15-19)33(41)23-5-9-25(10-6-23)43-31-27(35)29(37)32(30(38)28(31)36)44-26-11-7-24(8-12-26)34(42)40-17-21(3)14-22(4)18-40/h5-12,19-22H,13-18H2,1-4H3/t19-,20-,21-,22-/m1/s1. The van der Waals surface area contributed by atoms with Crippen LogP contribution in [0.4, 0.5) is 17.6 Å². The van der Waals surface area contributed by atoms with E-state index in [9.17, 15) is 27.2 Å². The Bertz CT molecular complexity index is 1370. The van der Waals surface area contributed by atoms with Gasteiger partial charge in [-0.2, -0.15) is 17.6 Å². The zero-order valence-corrected chi connectivity index (χ0v) is 25.2. The number of carbonyl (C=O) groups excluding carboxylic acids is 2. The fraction of sp³-hybridized carbons (Fsp3) is 0.412. The average Bonchev–Trinajstić information content (AvgIpc) is 2.99. The van der Waals surface area contributed by atoms with E-state index >= 15 is 0 Å². The summed E-state index contributed by atoms with van der Waals surface area (Å²) in [5.41, 5.74) is 0.710. The van der Waals surface area contributed by atoms with Crippen LogP contribution in [0.15, 0.2) is 48.5 Å². The highest BCUT2D eigenvalue weighted by molar-refractivity contribution is 5.95. The lowest BCUT2D eigenvalue weighted by atomic mass is 9.91. The van der Waals surface area contributed by atoms with Crippen molar-refractivity contribution in [3.05, 3.63) is 82.9 Å². The van der Waals surface area contributed by atoms with Crippen molar-refractivity contribution in [1.29, 1.82) is 0 Å². The van der Waals surface area contributed by atoms with Crippen LogP contribution in [0.2, 0.25) is 0 Å². The summed E-state index contributed by atoms with van der Waals surface area (Å²) in [5.74, 6) is -8.82. The summed E-state index contributed by atoms with van der Waals surface area (Å²) in [6, 6.07) is 10.9. The fourth-order valence-corrected chi connectivity index (χ4v) is 6.36. The van der Waals surface area contributed by atoms with Crippen molar-refractivity contribution in [2.24, 2.45) is 23.7 Å². The van der Waals surface area contributed by atoms with Gasteiger partial charge in [0.2, 0.25) is 34.8 Å². The molecule has 0 N–H and O–H groups in total. The minimum Gasteiger partial charge on any atom is -0.451 e. The van der Waals surface area contributed by atoms with E-state index in [4.69, 9.17) is 9.47 Å². The first kappa shape index (κ1) is 31.3. The van der Waals surface area contributed by atoms with E-state index in [-0.39, 0.29) is 23.3 Å². The van der Waals surface area contributed by atoms with Gasteiger partial charge in [0.25, 0.3) is 11.8 Å². The summed E-state index contributed by atoms with van der Waals surface area (Å²) in [6.07, 6.45) is 2.07. The van der Waals surface area contributed by atoms with Crippen LogP contribution in [0.3, 0.4) is 0 Å². The average molecular weight is 613 g/mol. The third-order valence-corrected chi connectivity index (χ3v) is 8.14. The molecule has 2 fully saturated rings. The van der Waals surface area contributed by atoms with E-state index in [1.54, 1.807) is 9.80 Å². The van der Waals surface area contributed by atoms with Crippen LogP contribution < -0.4 is 9.47 Å². The van der Waals surface area contributed by atoms with Gasteiger partial charge in [0, 0.05) is 37.3 Å². The first-order chi connectivity index (χ1) is 20.9. The summed E-state index contributed by atoms with van der Waals surface area (Å²) in [7, 11) is 0. The molecule has 0 radical (unpaired) electrons. The predicted octanol–water partition coefficient (Wildman–Crippen LogP) is 8.06. The zero-order valence-electron chi connectivity index (χ0n) is 25.2. The Hall–Kier alpha value is -4.08. The monoisotopic (exact) mass is 612 g/mol. The van der Waals surface area contributed by atoms with Gasteiger partial charge in [-0.05, 0) is 85.0 Å². The van der Waals surface area contributed by atoms with Crippen LogP contribution in [-0.2, 0) is 0 Å². The minimum absolute atomic E-state index is 0.120. The molecule has 0 aliphatic carbocycles. The van der Waals surface area contributed by atoms with Crippen molar-refractivity contribution >= 4 is 11.8 Å². The molecule has 0 saturated carbocycles. The molecule has 2 aliphatic heterocycles. The predicted molar refractivity (Wildman–Crippen MR) is 157 cm³/mol. The molecular formula is C34H36F4N2O4. The number of rotatable bonds is 6. The molecule has 0 aromatic heterocycles. The summed E-state index contributed by atoms with van der Waals surface area (Å²) in [4.78, 5) is 29.4. The van der Waals surface area contributed by atoms with Gasteiger partial charge in [-0.15, -0.1) is 0 Å². The van der Waals surface area contributed by atoms with E-state index in [1.807, 2.05) is 0 Å². The van der Waals surface area contributed by atoms with Crippen LogP contribution in [-0.4, -0.2) is 47.8 Å². The Morgan fingerprint density at radius 2 is 0.818 bits per heavy atom. The lowest BCUT2D eigenvalue weighted by Gasteiger charge is -2.35. The van der Waals surface area contributed by atoms with Crippen LogP contribution in [0, 0.1) is 46.9 Å². The summed E-state index contributed by atoms with van der Waals surface area (Å²) in [5, 5.41) is 0. The number of amides is 2. The van der Waals surface area contributed by atoms with Crippen LogP contribution >= 0.6 is 0 Å². The van der Waals surface area contributed by atoms with Crippen molar-refractivity contribution in [2.75, 3.05) is 26.2 Å². The van der Waals surface area contributed by atoms with E-state index < -0.39 is 34.8 Å². The molecule has 0 unspecified atom stereocenters. The Balaban J connectivity index is 1.28. The van der Waals surface area contributed by atoms with Gasteiger partial charge >= 0.3 is 0 Å². The zero-order chi connectivity index (χ0) is 31.7. The molecule has 44 heavy (non-hydrogen) atoms. The molecule has 6 nitrogen and oxygen atoms in total. The third kappa shape index (κ3) is 6.69. The lowest BCUT2D eigenvalue weighted by Crippen LogP contribution is -2.42. The molecule has 0 spiro atoms. The Labute approximate surface area is 254 Å². The number of hydrogen-bond acceptors (Lipinski definition) is 4. The second-order valence-corrected chi connectivity index (χ2v) is 12.5. The highest BCUT2D eigenvalue weighted by Gasteiger charge is 2.30. The topological polar surface area (TPSA) is 59.1 Å². The largest absolute Gasteiger partial charge is 0.451 e. The number of hydrogen-bond donors (Lipinski definition) is 0. The SMILES string of the molecule is C[C@@H]1C[C@@H](C)CN(C(=O)c2ccc(Oc3c(F)c(F)c(Oc4ccc(C(=O)N5C[C@H](C)C[C@@H](C)C5)cc4)c(F)c3F)cc2)C1. The quantitative estimate of drug-likeness (QED) is 0.209. The normalized spacial score (nSPS) is 22.1. The maximum absolute atomic E-state index is 15.0. The Kier molecular flexibility index (Phi) is 9.18. The number of likely N-dealkylation sites (tertiary alicyclic amines) is 2. The second kappa shape index (κ2) is 12.9. The minimum atomic E-state index is -1.78. The van der Waals surface area contributed by atoms with Crippen LogP contribution in [0.5, 0.6) is 23.0 Å². The van der Waals surface area contributed by atoms with Crippen LogP contribution in [0.1, 0.15) is 61.3 Å². The molecular weight excluding hydrogens is 576 g/mol. The number of carbonyl (C=O) groups is 2. The number of halogens is 4. The van der Waals surface area contributed by atoms with Gasteiger partial charge in [-0.1, -0.05) is 27.7 Å². The van der Waals surface area contributed by atoms with Crippen molar-refractivity contribution in [2.45, 2.75) is 40.5 Å². The van der Waals surface area contributed by atoms with E-state index in [1.165, 1.54) is 48.5 Å². The van der Waals surface area contributed by atoms with Crippen molar-refractivity contribution < 1.29 is 36.6 Å². The number of nitrogens with zero attached hydrogens (tertiary/aromatic N) is 2. The molecule has 4 atom stereocenters. The summed E-state index contributed by atoms with van der Waals surface area (Å²) >= 11 is 0. The van der Waals surface area contributed by atoms with Gasteiger partial charge < -0.3 is 19.3 Å². The Morgan fingerprint density at radius 3 is 1.09 bits per heavy atom. The molecule has 2 aliphatic rings. The van der Waals surface area contributed by atoms with Gasteiger partial charge in [0.15, 0.2) is 0 Å². The highest BCUT2D eigenvalue weighted by Crippen LogP contribution is 2.39. The number of benzene rings is 3. The first-order valence-corrected chi connectivity index (χ1v) is 14.9.